The summed E-state index contributed by atoms with van der Waals surface area (Å²) in [7, 11) is 0. The summed E-state index contributed by atoms with van der Waals surface area (Å²) in [5.41, 5.74) is 0. The van der Waals surface area contributed by atoms with Crippen molar-refractivity contribution in [3.8, 4) is 0 Å². The van der Waals surface area contributed by atoms with Crippen LogP contribution in [-0.4, -0.2) is 17.2 Å². The van der Waals surface area contributed by atoms with Gasteiger partial charge in [0.1, 0.15) is 0 Å². The Morgan fingerprint density at radius 1 is 1.25 bits per heavy atom. The first-order valence-corrected chi connectivity index (χ1v) is 3.18. The van der Waals surface area contributed by atoms with Gasteiger partial charge in [-0.1, -0.05) is 0 Å². The molecule has 0 aliphatic carbocycles. The van der Waals surface area contributed by atoms with Crippen LogP contribution in [0.3, 0.4) is 0 Å². The number of hydrogen-bond donors (Lipinski definition) is 2. The predicted octanol–water partition coefficient (Wildman–Crippen LogP) is 0.241. The van der Waals surface area contributed by atoms with E-state index in [0.29, 0.717) is 12.1 Å². The van der Waals surface area contributed by atoms with E-state index in [9.17, 15) is 0 Å². The highest BCUT2D eigenvalue weighted by Crippen LogP contribution is 1.97. The predicted molar refractivity (Wildman–Crippen MR) is 37.8 cm³/mol. The molecule has 1 aliphatic rings. The second kappa shape index (κ2) is 1.90. The van der Waals surface area contributed by atoms with Gasteiger partial charge in [-0.15, -0.1) is 0 Å². The van der Waals surface area contributed by atoms with Gasteiger partial charge >= 0.3 is 0 Å². The fourth-order valence-corrected chi connectivity index (χ4v) is 1.08. The molecule has 0 amide bonds. The zero-order valence-corrected chi connectivity index (χ0v) is 5.88. The third kappa shape index (κ3) is 0.916. The SMILES string of the molecule is C[C@@H]1NC(=S)N[C@@H]1C. The Hall–Kier alpha value is -0.310. The third-order valence-electron chi connectivity index (χ3n) is 1.47. The van der Waals surface area contributed by atoms with Crippen molar-refractivity contribution >= 4 is 17.3 Å². The molecule has 1 heterocycles. The molecule has 0 aromatic carbocycles. The minimum atomic E-state index is 0.488. The van der Waals surface area contributed by atoms with Crippen molar-refractivity contribution in [3.05, 3.63) is 0 Å². The number of thiocarbonyl (C=S) groups is 1. The van der Waals surface area contributed by atoms with E-state index in [4.69, 9.17) is 12.2 Å². The van der Waals surface area contributed by atoms with Crippen LogP contribution in [0.1, 0.15) is 13.8 Å². The second-order valence-corrected chi connectivity index (χ2v) is 2.60. The normalized spacial score (nSPS) is 36.5. The lowest BCUT2D eigenvalue weighted by Crippen LogP contribution is -2.26. The van der Waals surface area contributed by atoms with Gasteiger partial charge in [-0.05, 0) is 26.1 Å². The zero-order valence-electron chi connectivity index (χ0n) is 5.06. The Kier molecular flexibility index (Phi) is 1.38. The van der Waals surface area contributed by atoms with Crippen molar-refractivity contribution < 1.29 is 0 Å². The van der Waals surface area contributed by atoms with Crippen molar-refractivity contribution in [1.29, 1.82) is 0 Å². The molecule has 3 heteroatoms. The van der Waals surface area contributed by atoms with E-state index in [1.54, 1.807) is 0 Å². The summed E-state index contributed by atoms with van der Waals surface area (Å²) in [5, 5.41) is 6.96. The fourth-order valence-electron chi connectivity index (χ4n) is 0.705. The maximum atomic E-state index is 4.85. The van der Waals surface area contributed by atoms with Crippen molar-refractivity contribution in [3.63, 3.8) is 0 Å². The minimum absolute atomic E-state index is 0.488. The van der Waals surface area contributed by atoms with Crippen LogP contribution in [0.25, 0.3) is 0 Å². The van der Waals surface area contributed by atoms with Crippen LogP contribution in [0.15, 0.2) is 0 Å². The molecule has 8 heavy (non-hydrogen) atoms. The third-order valence-corrected chi connectivity index (χ3v) is 1.70. The van der Waals surface area contributed by atoms with Gasteiger partial charge in [0.25, 0.3) is 0 Å². The molecule has 1 saturated heterocycles. The molecule has 0 radical (unpaired) electrons. The van der Waals surface area contributed by atoms with Crippen LogP contribution < -0.4 is 10.6 Å². The van der Waals surface area contributed by atoms with Crippen LogP contribution in [0.5, 0.6) is 0 Å². The van der Waals surface area contributed by atoms with Gasteiger partial charge < -0.3 is 10.6 Å². The molecule has 0 spiro atoms. The lowest BCUT2D eigenvalue weighted by Gasteiger charge is -2.05. The van der Waals surface area contributed by atoms with Crippen LogP contribution in [0.2, 0.25) is 0 Å². The average Bonchev–Trinajstić information content (AvgIpc) is 1.85. The lowest BCUT2D eigenvalue weighted by molar-refractivity contribution is 0.583. The largest absolute Gasteiger partial charge is 0.358 e. The van der Waals surface area contributed by atoms with Gasteiger partial charge in [-0.3, -0.25) is 0 Å². The highest BCUT2D eigenvalue weighted by molar-refractivity contribution is 7.80. The summed E-state index contributed by atoms with van der Waals surface area (Å²) in [4.78, 5) is 0. The van der Waals surface area contributed by atoms with Crippen LogP contribution >= 0.6 is 12.2 Å². The molecule has 0 saturated carbocycles. The molecule has 1 aliphatic heterocycles. The monoisotopic (exact) mass is 130 g/mol. The van der Waals surface area contributed by atoms with Crippen molar-refractivity contribution in [2.75, 3.05) is 0 Å². The molecule has 1 rings (SSSR count). The van der Waals surface area contributed by atoms with Gasteiger partial charge in [-0.25, -0.2) is 0 Å². The van der Waals surface area contributed by atoms with Crippen molar-refractivity contribution in [2.24, 2.45) is 0 Å². The molecule has 2 N–H and O–H groups in total. The average molecular weight is 130 g/mol. The fraction of sp³-hybridized carbons (Fsp3) is 0.800. The first-order valence-electron chi connectivity index (χ1n) is 2.77. The van der Waals surface area contributed by atoms with Crippen molar-refractivity contribution in [2.45, 2.75) is 25.9 Å². The van der Waals surface area contributed by atoms with Crippen LogP contribution in [0.4, 0.5) is 0 Å². The molecule has 2 atom stereocenters. The molecule has 0 unspecified atom stereocenters. The standard InChI is InChI=1S/C5H10N2S/c1-3-4(2)7-5(8)6-3/h3-4H,1-2H3,(H2,6,7,8)/t3-,4+. The minimum Gasteiger partial charge on any atom is -0.358 e. The van der Waals surface area contributed by atoms with Gasteiger partial charge in [0.2, 0.25) is 0 Å². The molecule has 0 bridgehead atoms. The summed E-state index contributed by atoms with van der Waals surface area (Å²) < 4.78 is 0. The van der Waals surface area contributed by atoms with E-state index in [-0.39, 0.29) is 0 Å². The zero-order chi connectivity index (χ0) is 6.15. The van der Waals surface area contributed by atoms with Gasteiger partial charge in [0, 0.05) is 12.1 Å². The van der Waals surface area contributed by atoms with E-state index < -0.39 is 0 Å². The van der Waals surface area contributed by atoms with Gasteiger partial charge in [-0.2, -0.15) is 0 Å². The molecular weight excluding hydrogens is 120 g/mol. The Morgan fingerprint density at radius 3 is 1.75 bits per heavy atom. The maximum absolute atomic E-state index is 4.85. The van der Waals surface area contributed by atoms with Gasteiger partial charge in [0.05, 0.1) is 0 Å². The first-order chi connectivity index (χ1) is 3.70. The first kappa shape index (κ1) is 5.82. The molecule has 46 valence electrons. The smallest absolute Gasteiger partial charge is 0.166 e. The lowest BCUT2D eigenvalue weighted by atomic mass is 10.2. The molecular formula is C5H10N2S. The topological polar surface area (TPSA) is 24.1 Å². The number of rotatable bonds is 0. The molecule has 0 aromatic heterocycles. The van der Waals surface area contributed by atoms with Crippen molar-refractivity contribution in [1.82, 2.24) is 10.6 Å². The molecule has 0 aromatic rings. The number of nitrogens with one attached hydrogen (secondary N) is 2. The van der Waals surface area contributed by atoms with Gasteiger partial charge in [0.15, 0.2) is 5.11 Å². The highest BCUT2D eigenvalue weighted by Gasteiger charge is 2.19. The summed E-state index contributed by atoms with van der Waals surface area (Å²) in [5.74, 6) is 0. The van der Waals surface area contributed by atoms with Crippen LogP contribution in [-0.2, 0) is 0 Å². The van der Waals surface area contributed by atoms with E-state index in [2.05, 4.69) is 24.5 Å². The number of hydrogen-bond acceptors (Lipinski definition) is 1. The van der Waals surface area contributed by atoms with E-state index >= 15 is 0 Å². The quantitative estimate of drug-likeness (QED) is 0.459. The highest BCUT2D eigenvalue weighted by atomic mass is 32.1. The summed E-state index contributed by atoms with van der Waals surface area (Å²) in [6, 6.07) is 0.977. The van der Waals surface area contributed by atoms with E-state index in [1.165, 1.54) is 0 Å². The second-order valence-electron chi connectivity index (χ2n) is 2.20. The van der Waals surface area contributed by atoms with E-state index in [0.717, 1.165) is 5.11 Å². The summed E-state index contributed by atoms with van der Waals surface area (Å²) in [6.45, 7) is 4.22. The Balaban J connectivity index is 2.51. The summed E-state index contributed by atoms with van der Waals surface area (Å²) in [6.07, 6.45) is 0. The van der Waals surface area contributed by atoms with E-state index in [1.807, 2.05) is 0 Å². The molecule has 2 nitrogen and oxygen atoms in total. The Labute approximate surface area is 54.7 Å². The van der Waals surface area contributed by atoms with Crippen LogP contribution in [0, 0.1) is 0 Å². The Morgan fingerprint density at radius 2 is 1.62 bits per heavy atom. The summed E-state index contributed by atoms with van der Waals surface area (Å²) >= 11 is 4.85. The molecule has 1 fully saturated rings. The maximum Gasteiger partial charge on any atom is 0.166 e. The Bertz CT molecular complexity index is 101.